The van der Waals surface area contributed by atoms with Crippen LogP contribution in [0.15, 0.2) is 97.5 Å². The number of aromatic nitrogens is 2. The molecule has 0 fully saturated rings. The van der Waals surface area contributed by atoms with E-state index in [4.69, 9.17) is 0 Å². The molecule has 5 rings (SSSR count). The predicted molar refractivity (Wildman–Crippen MR) is 138 cm³/mol. The molecule has 0 atom stereocenters. The van der Waals surface area contributed by atoms with Gasteiger partial charge < -0.3 is 16.0 Å². The van der Waals surface area contributed by atoms with Gasteiger partial charge >= 0.3 is 0 Å². The molecule has 5 aromatic rings. The number of anilines is 5. The van der Waals surface area contributed by atoms with E-state index >= 15 is 0 Å². The highest BCUT2D eigenvalue weighted by atomic mass is 19.1. The fourth-order valence-electron chi connectivity index (χ4n) is 3.73. The Morgan fingerprint density at radius 1 is 0.806 bits per heavy atom. The van der Waals surface area contributed by atoms with Crippen molar-refractivity contribution in [3.05, 3.63) is 114 Å². The Morgan fingerprint density at radius 2 is 1.61 bits per heavy atom. The fourth-order valence-corrected chi connectivity index (χ4v) is 3.73. The summed E-state index contributed by atoms with van der Waals surface area (Å²) in [6.45, 7) is 0. The number of rotatable bonds is 6. The molecule has 1 amide bonds. The quantitative estimate of drug-likeness (QED) is 0.264. The number of nitrogens with one attached hydrogen (secondary N) is 3. The van der Waals surface area contributed by atoms with Crippen LogP contribution in [-0.2, 0) is 0 Å². The van der Waals surface area contributed by atoms with Gasteiger partial charge in [0.05, 0.1) is 22.7 Å². The highest BCUT2D eigenvalue weighted by molar-refractivity contribution is 6.05. The molecule has 3 aromatic carbocycles. The number of benzene rings is 3. The molecule has 0 spiro atoms. The summed E-state index contributed by atoms with van der Waals surface area (Å²) in [5, 5.41) is 19.2. The zero-order valence-corrected chi connectivity index (χ0v) is 18.9. The number of fused-ring (bicyclic) bond motifs is 1. The van der Waals surface area contributed by atoms with Gasteiger partial charge in [-0.05, 0) is 72.8 Å². The molecule has 36 heavy (non-hydrogen) atoms. The van der Waals surface area contributed by atoms with Crippen molar-refractivity contribution in [3.8, 4) is 6.07 Å². The lowest BCUT2D eigenvalue weighted by Crippen LogP contribution is -2.14. The van der Waals surface area contributed by atoms with Crippen LogP contribution in [0.4, 0.5) is 32.8 Å². The van der Waals surface area contributed by atoms with E-state index in [1.807, 2.05) is 18.2 Å². The first kappa shape index (κ1) is 22.5. The molecular weight excluding hydrogens is 455 g/mol. The molecule has 0 aliphatic heterocycles. The van der Waals surface area contributed by atoms with E-state index in [2.05, 4.69) is 32.0 Å². The lowest BCUT2D eigenvalue weighted by atomic mass is 10.1. The number of hydrogen-bond acceptors (Lipinski definition) is 6. The maximum Gasteiger partial charge on any atom is 0.258 e. The van der Waals surface area contributed by atoms with Crippen LogP contribution in [0.3, 0.4) is 0 Å². The van der Waals surface area contributed by atoms with Gasteiger partial charge in [-0.2, -0.15) is 5.26 Å². The lowest BCUT2D eigenvalue weighted by molar-refractivity contribution is 0.102. The van der Waals surface area contributed by atoms with Crippen molar-refractivity contribution in [2.24, 2.45) is 0 Å². The van der Waals surface area contributed by atoms with E-state index in [1.54, 1.807) is 67.1 Å². The first-order valence-electron chi connectivity index (χ1n) is 11.0. The molecule has 0 aliphatic rings. The second kappa shape index (κ2) is 9.91. The highest BCUT2D eigenvalue weighted by Gasteiger charge is 2.14. The van der Waals surface area contributed by atoms with Gasteiger partial charge in [-0.1, -0.05) is 6.07 Å². The van der Waals surface area contributed by atoms with Crippen LogP contribution in [-0.4, -0.2) is 15.9 Å². The number of amides is 1. The number of halogens is 1. The predicted octanol–water partition coefficient (Wildman–Crippen LogP) is 6.38. The second-order valence-corrected chi connectivity index (χ2v) is 7.92. The van der Waals surface area contributed by atoms with Gasteiger partial charge in [-0.25, -0.2) is 4.39 Å². The first-order chi connectivity index (χ1) is 17.6. The van der Waals surface area contributed by atoms with Crippen molar-refractivity contribution in [1.82, 2.24) is 9.97 Å². The van der Waals surface area contributed by atoms with E-state index in [9.17, 15) is 14.4 Å². The summed E-state index contributed by atoms with van der Waals surface area (Å²) in [5.74, 6) is -1.22. The average molecular weight is 474 g/mol. The minimum atomic E-state index is -0.643. The molecule has 2 heterocycles. The van der Waals surface area contributed by atoms with Gasteiger partial charge in [0.15, 0.2) is 0 Å². The average Bonchev–Trinajstić information content (AvgIpc) is 2.90. The molecule has 0 bridgehead atoms. The molecule has 8 heteroatoms. The highest BCUT2D eigenvalue weighted by Crippen LogP contribution is 2.27. The smallest absolute Gasteiger partial charge is 0.258 e. The molecule has 174 valence electrons. The Hall–Kier alpha value is -5.29. The molecule has 2 aromatic heterocycles. The summed E-state index contributed by atoms with van der Waals surface area (Å²) >= 11 is 0. The Kier molecular flexibility index (Phi) is 6.19. The second-order valence-electron chi connectivity index (χ2n) is 7.92. The maximum atomic E-state index is 14.6. The van der Waals surface area contributed by atoms with Crippen LogP contribution in [0, 0.1) is 17.1 Å². The van der Waals surface area contributed by atoms with Crippen LogP contribution in [0.25, 0.3) is 10.9 Å². The number of nitriles is 1. The Bertz CT molecular complexity index is 1610. The Labute approximate surface area is 206 Å². The van der Waals surface area contributed by atoms with Gasteiger partial charge in [0, 0.05) is 52.4 Å². The minimum absolute atomic E-state index is 0.108. The standard InChI is InChI=1S/C28H19FN6O/c29-25-6-5-22(34-27-10-13-32-26-7-4-18(17-30)14-24(26)27)16-23(25)28(36)35-21-3-1-2-20(15-21)33-19-8-11-31-12-9-19/h1-16H,(H,31,33)(H,32,34)(H,35,36). The molecule has 7 nitrogen and oxygen atoms in total. The summed E-state index contributed by atoms with van der Waals surface area (Å²) < 4.78 is 14.6. The van der Waals surface area contributed by atoms with Crippen molar-refractivity contribution in [2.75, 3.05) is 16.0 Å². The molecule has 0 saturated heterocycles. The van der Waals surface area contributed by atoms with E-state index in [-0.39, 0.29) is 5.56 Å². The van der Waals surface area contributed by atoms with Gasteiger partial charge in [0.1, 0.15) is 5.82 Å². The van der Waals surface area contributed by atoms with Crippen molar-refractivity contribution in [3.63, 3.8) is 0 Å². The number of carbonyl (C=O) groups excluding carboxylic acids is 1. The molecule has 0 unspecified atom stereocenters. The van der Waals surface area contributed by atoms with Crippen molar-refractivity contribution >= 4 is 45.2 Å². The van der Waals surface area contributed by atoms with Gasteiger partial charge in [0.2, 0.25) is 0 Å². The summed E-state index contributed by atoms with van der Waals surface area (Å²) in [6.07, 6.45) is 4.99. The summed E-state index contributed by atoms with van der Waals surface area (Å²) in [4.78, 5) is 21.3. The lowest BCUT2D eigenvalue weighted by Gasteiger charge is -2.13. The van der Waals surface area contributed by atoms with Crippen molar-refractivity contribution < 1.29 is 9.18 Å². The normalized spacial score (nSPS) is 10.4. The van der Waals surface area contributed by atoms with Crippen molar-refractivity contribution in [1.29, 1.82) is 5.26 Å². The zero-order valence-electron chi connectivity index (χ0n) is 18.9. The topological polar surface area (TPSA) is 103 Å². The molecule has 0 aliphatic carbocycles. The Morgan fingerprint density at radius 3 is 2.44 bits per heavy atom. The number of hydrogen-bond donors (Lipinski definition) is 3. The largest absolute Gasteiger partial charge is 0.355 e. The monoisotopic (exact) mass is 474 g/mol. The van der Waals surface area contributed by atoms with Crippen LogP contribution < -0.4 is 16.0 Å². The summed E-state index contributed by atoms with van der Waals surface area (Å²) in [7, 11) is 0. The maximum absolute atomic E-state index is 14.6. The third kappa shape index (κ3) is 4.95. The van der Waals surface area contributed by atoms with Crippen molar-refractivity contribution in [2.45, 2.75) is 0 Å². The molecule has 0 radical (unpaired) electrons. The molecule has 0 saturated carbocycles. The fraction of sp³-hybridized carbons (Fsp3) is 0. The number of pyridine rings is 2. The summed E-state index contributed by atoms with van der Waals surface area (Å²) in [6, 6.07) is 24.1. The van der Waals surface area contributed by atoms with E-state index in [0.29, 0.717) is 28.1 Å². The van der Waals surface area contributed by atoms with E-state index in [0.717, 1.165) is 16.8 Å². The third-order valence-corrected chi connectivity index (χ3v) is 5.45. The first-order valence-corrected chi connectivity index (χ1v) is 11.0. The zero-order chi connectivity index (χ0) is 24.9. The third-order valence-electron chi connectivity index (χ3n) is 5.45. The Balaban J connectivity index is 1.37. The van der Waals surface area contributed by atoms with Crippen LogP contribution >= 0.6 is 0 Å². The summed E-state index contributed by atoms with van der Waals surface area (Å²) in [5.41, 5.74) is 4.43. The molecule has 3 N–H and O–H groups in total. The van der Waals surface area contributed by atoms with Crippen LogP contribution in [0.2, 0.25) is 0 Å². The minimum Gasteiger partial charge on any atom is -0.355 e. The SMILES string of the molecule is N#Cc1ccc2nccc(Nc3ccc(F)c(C(=O)Nc4cccc(Nc5ccncc5)c4)c3)c2c1. The van der Waals surface area contributed by atoms with Gasteiger partial charge in [0.25, 0.3) is 5.91 Å². The number of carbonyl (C=O) groups is 1. The van der Waals surface area contributed by atoms with Crippen LogP contribution in [0.1, 0.15) is 15.9 Å². The van der Waals surface area contributed by atoms with Gasteiger partial charge in [-0.15, -0.1) is 0 Å². The van der Waals surface area contributed by atoms with Crippen LogP contribution in [0.5, 0.6) is 0 Å². The van der Waals surface area contributed by atoms with E-state index < -0.39 is 11.7 Å². The molecular formula is C28H19FN6O. The number of nitrogens with zero attached hydrogens (tertiary/aromatic N) is 3. The van der Waals surface area contributed by atoms with Gasteiger partial charge in [-0.3, -0.25) is 14.8 Å². The van der Waals surface area contributed by atoms with E-state index in [1.165, 1.54) is 12.1 Å².